The van der Waals surface area contributed by atoms with E-state index in [1.165, 1.54) is 0 Å². The molecule has 5 N–H and O–H groups in total. The van der Waals surface area contributed by atoms with Gasteiger partial charge in [0.15, 0.2) is 0 Å². The van der Waals surface area contributed by atoms with Crippen LogP contribution in [0.1, 0.15) is 174 Å². The molecule has 0 atom stereocenters. The molecule has 3 aromatic heterocycles. The summed E-state index contributed by atoms with van der Waals surface area (Å²) in [5.41, 5.74) is 13.1. The molecule has 422 valence electrons. The number of nitrogens with zero attached hydrogens (tertiary/aromatic N) is 5. The third kappa shape index (κ3) is 21.6. The summed E-state index contributed by atoms with van der Waals surface area (Å²) in [5.74, 6) is 0.110. The Hall–Kier alpha value is -5.91. The second-order valence-corrected chi connectivity index (χ2v) is 17.2. The number of aromatic nitrogens is 3. The number of amidine groups is 1. The van der Waals surface area contributed by atoms with Crippen LogP contribution in [0.15, 0.2) is 77.8 Å². The quantitative estimate of drug-likeness (QED) is 0.123. The van der Waals surface area contributed by atoms with Crippen LogP contribution in [0.5, 0.6) is 0 Å². The van der Waals surface area contributed by atoms with Crippen molar-refractivity contribution in [2.45, 2.75) is 183 Å². The number of amides is 4. The second-order valence-electron chi connectivity index (χ2n) is 17.2. The van der Waals surface area contributed by atoms with Gasteiger partial charge in [-0.1, -0.05) is 145 Å². The van der Waals surface area contributed by atoms with E-state index in [9.17, 15) is 19.2 Å². The van der Waals surface area contributed by atoms with Crippen LogP contribution >= 0.6 is 0 Å². The first-order valence-electron chi connectivity index (χ1n) is 26.8. The summed E-state index contributed by atoms with van der Waals surface area (Å²) in [5, 5.41) is 10.7. The fourth-order valence-corrected chi connectivity index (χ4v) is 6.83. The Morgan fingerprint density at radius 2 is 0.987 bits per heavy atom. The number of carbonyl (C=O) groups excluding carboxylic acids is 4. The monoisotopic (exact) mass is 1220 g/mol. The molecule has 0 saturated heterocycles. The number of carbonyl (C=O) groups is 4. The molecule has 76 heavy (non-hydrogen) atoms. The number of nitrogens with one attached hydrogen (secondary N) is 3. The molecule has 13 nitrogen and oxygen atoms in total. The number of hydrogen-bond acceptors (Lipinski definition) is 9. The van der Waals surface area contributed by atoms with Crippen molar-refractivity contribution in [3.05, 3.63) is 124 Å². The minimum atomic E-state index is -0.990. The molecule has 0 fully saturated rings. The number of likely N-dealkylation sites (N-methyl/N-ethyl adjacent to an activating group) is 3. The molecule has 0 aliphatic carbocycles. The zero-order chi connectivity index (χ0) is 59.2. The third-order valence-electron chi connectivity index (χ3n) is 10.8. The summed E-state index contributed by atoms with van der Waals surface area (Å²) in [6.07, 6.45) is 0. The van der Waals surface area contributed by atoms with Crippen LogP contribution in [-0.4, -0.2) is 87.1 Å². The normalized spacial score (nSPS) is 11.4. The standard InChI is InChI=1S/C17H21N3O2.C17H19N3O.C11H10N.C5H12N2O.6C2H6.W/c1-10-11(2)19-13-9-7-6-8-12(13)14(10)15(21)20-17(3,4)16(22)18-5;1-10-11(2)18-13-9-7-6-8-12(13)14(10)15-19-17(3,4)16(21)20(15)5;1-8-7-10-5-3-4-6-11(10)12-9(8)2;1-5(2,6)4(8)7-3;6*1-2;/h6-9H,1-5H3,(H,18,22)(H,20,21);6-9H,1-5H3;3-6H,1-2H3;6H2,1-3H3,(H,7,8);6*1-2H3;/q;;-1;;;;;;;;. The van der Waals surface area contributed by atoms with Crippen molar-refractivity contribution in [3.8, 4) is 0 Å². The maximum absolute atomic E-state index is 12.7. The summed E-state index contributed by atoms with van der Waals surface area (Å²) >= 11 is 0. The Labute approximate surface area is 474 Å². The van der Waals surface area contributed by atoms with Gasteiger partial charge in [-0.2, -0.15) is 0 Å². The zero-order valence-electron chi connectivity index (χ0n) is 51.8. The predicted octanol–water partition coefficient (Wildman–Crippen LogP) is 13.2. The zero-order valence-corrected chi connectivity index (χ0v) is 54.7. The van der Waals surface area contributed by atoms with Gasteiger partial charge in [0, 0.05) is 69.9 Å². The maximum atomic E-state index is 12.7. The molecule has 0 saturated carbocycles. The molecule has 1 aliphatic rings. The Kier molecular flexibility index (Phi) is 38.1. The summed E-state index contributed by atoms with van der Waals surface area (Å²) in [4.78, 5) is 67.5. The molecule has 0 spiro atoms. The minimum absolute atomic E-state index is 0. The molecule has 14 heteroatoms. The van der Waals surface area contributed by atoms with Crippen LogP contribution in [0.2, 0.25) is 0 Å². The number of hydrogen-bond donors (Lipinski definition) is 4. The Balaban J connectivity index is -0.000000443. The number of benzene rings is 3. The Morgan fingerprint density at radius 3 is 1.41 bits per heavy atom. The van der Waals surface area contributed by atoms with Gasteiger partial charge >= 0.3 is 0 Å². The molecule has 0 bridgehead atoms. The van der Waals surface area contributed by atoms with Crippen LogP contribution in [0.4, 0.5) is 0 Å². The number of aryl methyl sites for hydroxylation is 4. The molecular formula is C62H98N9O4W-. The molecule has 0 unspecified atom stereocenters. The third-order valence-corrected chi connectivity index (χ3v) is 10.8. The van der Waals surface area contributed by atoms with Gasteiger partial charge in [0.1, 0.15) is 16.9 Å². The smallest absolute Gasteiger partial charge is 0.255 e. The van der Waals surface area contributed by atoms with Gasteiger partial charge in [0.25, 0.3) is 11.8 Å². The molecular weight excluding hydrogens is 1120 g/mol. The van der Waals surface area contributed by atoms with E-state index in [0.717, 1.165) is 77.9 Å². The van der Waals surface area contributed by atoms with E-state index in [1.54, 1.807) is 53.7 Å². The SMILES string of the molecule is CC.CC.CC.CC.CC.CC.CNC(=O)C(C)(C)N.CNC(=O)C(C)(C)NC(=O)c1c(C)c(C)nc2ccccc12.Cc1[c-]c2ccccc2nc1C.Cc1nc2ccccc2c(C2=NC(C)(C)C(=O)N2C)c1C.[W]. The number of para-hydroxylation sites is 3. The van der Waals surface area contributed by atoms with Gasteiger partial charge in [0.05, 0.1) is 22.1 Å². The van der Waals surface area contributed by atoms with E-state index in [0.29, 0.717) is 5.56 Å². The van der Waals surface area contributed by atoms with Crippen molar-refractivity contribution in [2.24, 2.45) is 10.7 Å². The van der Waals surface area contributed by atoms with Crippen LogP contribution in [0.25, 0.3) is 32.7 Å². The van der Waals surface area contributed by atoms with Gasteiger partial charge in [-0.3, -0.25) is 39.0 Å². The van der Waals surface area contributed by atoms with E-state index in [-0.39, 0.29) is 44.7 Å². The molecule has 4 amide bonds. The van der Waals surface area contributed by atoms with E-state index in [4.69, 9.17) is 5.73 Å². The summed E-state index contributed by atoms with van der Waals surface area (Å²) < 4.78 is 0. The average molecular weight is 1220 g/mol. The van der Waals surface area contributed by atoms with E-state index < -0.39 is 16.6 Å². The number of aliphatic imine (C=N–C) groups is 1. The number of rotatable bonds is 5. The number of pyridine rings is 3. The van der Waals surface area contributed by atoms with E-state index in [1.807, 2.05) is 211 Å². The van der Waals surface area contributed by atoms with Gasteiger partial charge in [-0.15, -0.1) is 29.1 Å². The first kappa shape index (κ1) is 76.6. The van der Waals surface area contributed by atoms with Crippen LogP contribution in [0, 0.1) is 47.6 Å². The van der Waals surface area contributed by atoms with Crippen molar-refractivity contribution in [1.29, 1.82) is 0 Å². The number of nitrogens with two attached hydrogens (primary N) is 1. The van der Waals surface area contributed by atoms with E-state index in [2.05, 4.69) is 42.0 Å². The van der Waals surface area contributed by atoms with Gasteiger partial charge < -0.3 is 26.7 Å². The topological polar surface area (TPSA) is 185 Å². The van der Waals surface area contributed by atoms with Crippen molar-refractivity contribution >= 4 is 62.2 Å². The van der Waals surface area contributed by atoms with Crippen molar-refractivity contribution in [2.75, 3.05) is 21.1 Å². The molecule has 1 aliphatic heterocycles. The van der Waals surface area contributed by atoms with Crippen LogP contribution in [0.3, 0.4) is 0 Å². The maximum Gasteiger partial charge on any atom is 0.255 e. The summed E-state index contributed by atoms with van der Waals surface area (Å²) in [6.45, 7) is 46.2. The first-order valence-corrected chi connectivity index (χ1v) is 26.8. The fraction of sp³-hybridized carbons (Fsp3) is 0.484. The summed E-state index contributed by atoms with van der Waals surface area (Å²) in [6, 6.07) is 26.9. The van der Waals surface area contributed by atoms with Gasteiger partial charge in [0.2, 0.25) is 11.8 Å². The van der Waals surface area contributed by atoms with Crippen molar-refractivity contribution < 1.29 is 40.2 Å². The average Bonchev–Trinajstić information content (AvgIpc) is 3.62. The molecule has 4 heterocycles. The molecule has 6 aromatic rings. The van der Waals surface area contributed by atoms with Crippen molar-refractivity contribution in [3.63, 3.8) is 0 Å². The first-order chi connectivity index (χ1) is 35.4. The molecule has 3 aromatic carbocycles. The molecule has 0 radical (unpaired) electrons. The second kappa shape index (κ2) is 37.8. The van der Waals surface area contributed by atoms with Gasteiger partial charge in [-0.05, 0) is 104 Å². The Morgan fingerprint density at radius 1 is 0.592 bits per heavy atom. The minimum Gasteiger partial charge on any atom is -0.358 e. The predicted molar refractivity (Wildman–Crippen MR) is 322 cm³/mol. The van der Waals surface area contributed by atoms with Crippen LogP contribution in [-0.2, 0) is 35.4 Å². The summed E-state index contributed by atoms with van der Waals surface area (Å²) in [7, 11) is 4.91. The number of fused-ring (bicyclic) bond motifs is 3. The van der Waals surface area contributed by atoms with Gasteiger partial charge in [-0.25, -0.2) is 0 Å². The largest absolute Gasteiger partial charge is 0.358 e. The fourth-order valence-electron chi connectivity index (χ4n) is 6.83. The van der Waals surface area contributed by atoms with Crippen molar-refractivity contribution in [1.82, 2.24) is 35.8 Å². The molecule has 7 rings (SSSR count). The van der Waals surface area contributed by atoms with Crippen LogP contribution < -0.4 is 21.7 Å². The van der Waals surface area contributed by atoms with E-state index >= 15 is 0 Å². The Bertz CT molecular complexity index is 2700.